The molecule has 2 aliphatic rings. The molecule has 0 aliphatic carbocycles. The molecule has 0 bridgehead atoms. The number of nitro groups is 1. The average molecular weight is 352 g/mol. The van der Waals surface area contributed by atoms with Crippen LogP contribution in [0.25, 0.3) is 6.08 Å². The lowest BCUT2D eigenvalue weighted by Gasteiger charge is -2.47. The van der Waals surface area contributed by atoms with Crippen LogP contribution in [0.1, 0.15) is 25.0 Å². The second-order valence-corrected chi connectivity index (χ2v) is 7.13. The van der Waals surface area contributed by atoms with Crippen LogP contribution >= 0.6 is 0 Å². The summed E-state index contributed by atoms with van der Waals surface area (Å²) in [6.45, 7) is 4.65. The van der Waals surface area contributed by atoms with Gasteiger partial charge in [0, 0.05) is 29.9 Å². The number of anilines is 1. The molecule has 6 heteroatoms. The molecule has 2 aromatic rings. The maximum absolute atomic E-state index is 11.0. The fourth-order valence-electron chi connectivity index (χ4n) is 4.09. The second-order valence-electron chi connectivity index (χ2n) is 7.13. The fraction of sp³-hybridized carbons (Fsp3) is 0.300. The summed E-state index contributed by atoms with van der Waals surface area (Å²) in [6, 6.07) is 12.7. The van der Waals surface area contributed by atoms with Gasteiger partial charge in [0.05, 0.1) is 16.9 Å². The van der Waals surface area contributed by atoms with Crippen LogP contribution in [0.5, 0.6) is 5.75 Å². The fourth-order valence-corrected chi connectivity index (χ4v) is 4.09. The number of nitro benzene ring substituents is 1. The number of hydrogen-bond acceptors (Lipinski definition) is 5. The van der Waals surface area contributed by atoms with E-state index in [1.807, 2.05) is 30.4 Å². The number of non-ortho nitro benzene ring substituents is 1. The third-order valence-corrected chi connectivity index (χ3v) is 5.45. The van der Waals surface area contributed by atoms with E-state index in [0.29, 0.717) is 17.9 Å². The molecule has 0 saturated heterocycles. The molecule has 0 amide bonds. The molecule has 0 fully saturated rings. The molecule has 6 nitrogen and oxygen atoms in total. The third kappa shape index (κ3) is 2.08. The smallest absolute Gasteiger partial charge is 0.270 e. The summed E-state index contributed by atoms with van der Waals surface area (Å²) in [5.41, 5.74) is 1.71. The van der Waals surface area contributed by atoms with Gasteiger partial charge in [-0.2, -0.15) is 0 Å². The highest BCUT2D eigenvalue weighted by Crippen LogP contribution is 2.54. The number of β-amino-alcohol motifs (C(OH)–C–C–N with tert-alkyl or cyclic N) is 1. The summed E-state index contributed by atoms with van der Waals surface area (Å²) in [7, 11) is 0. The summed E-state index contributed by atoms with van der Waals surface area (Å²) < 4.78 is 6.48. The maximum Gasteiger partial charge on any atom is 0.270 e. The van der Waals surface area contributed by atoms with E-state index in [4.69, 9.17) is 4.74 Å². The number of nitrogens with zero attached hydrogens (tertiary/aromatic N) is 2. The first-order chi connectivity index (χ1) is 12.4. The van der Waals surface area contributed by atoms with Gasteiger partial charge >= 0.3 is 0 Å². The van der Waals surface area contributed by atoms with E-state index in [1.54, 1.807) is 6.07 Å². The van der Waals surface area contributed by atoms with Gasteiger partial charge < -0.3 is 14.7 Å². The van der Waals surface area contributed by atoms with Gasteiger partial charge in [0.15, 0.2) is 0 Å². The van der Waals surface area contributed by atoms with Gasteiger partial charge in [-0.3, -0.25) is 10.1 Å². The molecule has 1 spiro atoms. The highest BCUT2D eigenvalue weighted by atomic mass is 16.6. The van der Waals surface area contributed by atoms with Crippen molar-refractivity contribution in [1.29, 1.82) is 0 Å². The lowest BCUT2D eigenvalue weighted by molar-refractivity contribution is -0.384. The Labute approximate surface area is 151 Å². The van der Waals surface area contributed by atoms with Gasteiger partial charge in [0.2, 0.25) is 5.72 Å². The minimum Gasteiger partial charge on any atom is -0.463 e. The monoisotopic (exact) mass is 352 g/mol. The highest BCUT2D eigenvalue weighted by Gasteiger charge is 2.58. The van der Waals surface area contributed by atoms with Crippen LogP contribution in [0.4, 0.5) is 11.4 Å². The van der Waals surface area contributed by atoms with Gasteiger partial charge in [0.25, 0.3) is 5.69 Å². The number of benzene rings is 2. The van der Waals surface area contributed by atoms with Crippen molar-refractivity contribution in [2.24, 2.45) is 0 Å². The van der Waals surface area contributed by atoms with Crippen molar-refractivity contribution in [1.82, 2.24) is 0 Å². The van der Waals surface area contributed by atoms with Crippen molar-refractivity contribution in [3.05, 3.63) is 69.8 Å². The largest absolute Gasteiger partial charge is 0.463 e. The molecule has 26 heavy (non-hydrogen) atoms. The van der Waals surface area contributed by atoms with Crippen LogP contribution in [0.2, 0.25) is 0 Å². The Hall–Kier alpha value is -2.86. The predicted octanol–water partition coefficient (Wildman–Crippen LogP) is 3.49. The Kier molecular flexibility index (Phi) is 3.56. The summed E-state index contributed by atoms with van der Waals surface area (Å²) in [5, 5.41) is 20.7. The number of fused-ring (bicyclic) bond motifs is 2. The van der Waals surface area contributed by atoms with E-state index in [-0.39, 0.29) is 17.7 Å². The van der Waals surface area contributed by atoms with Gasteiger partial charge in [0.1, 0.15) is 5.75 Å². The molecule has 0 aromatic heterocycles. The Bertz CT molecular complexity index is 922. The van der Waals surface area contributed by atoms with E-state index in [9.17, 15) is 15.2 Å². The zero-order chi connectivity index (χ0) is 18.5. The van der Waals surface area contributed by atoms with Gasteiger partial charge in [-0.15, -0.1) is 0 Å². The van der Waals surface area contributed by atoms with E-state index in [1.165, 1.54) is 12.1 Å². The van der Waals surface area contributed by atoms with E-state index < -0.39 is 10.6 Å². The first-order valence-electron chi connectivity index (χ1n) is 8.55. The van der Waals surface area contributed by atoms with E-state index in [0.717, 1.165) is 11.3 Å². The topological polar surface area (TPSA) is 75.8 Å². The molecule has 1 atom stereocenters. The molecule has 134 valence electrons. The first kappa shape index (κ1) is 16.6. The normalized spacial score (nSPS) is 22.0. The van der Waals surface area contributed by atoms with E-state index >= 15 is 0 Å². The van der Waals surface area contributed by atoms with Crippen LogP contribution in [0.15, 0.2) is 48.5 Å². The minimum absolute atomic E-state index is 0.00349. The second kappa shape index (κ2) is 5.57. The molecule has 2 aromatic carbocycles. The zero-order valence-electron chi connectivity index (χ0n) is 14.7. The number of para-hydroxylation sites is 1. The summed E-state index contributed by atoms with van der Waals surface area (Å²) in [5.74, 6) is 0.599. The van der Waals surface area contributed by atoms with Crippen molar-refractivity contribution in [3.8, 4) is 5.75 Å². The summed E-state index contributed by atoms with van der Waals surface area (Å²) >= 11 is 0. The molecule has 1 N–H and O–H groups in total. The Balaban J connectivity index is 1.86. The van der Waals surface area contributed by atoms with Crippen LogP contribution in [0.3, 0.4) is 0 Å². The van der Waals surface area contributed by atoms with Gasteiger partial charge in [-0.1, -0.05) is 18.2 Å². The van der Waals surface area contributed by atoms with Crippen LogP contribution < -0.4 is 9.64 Å². The molecule has 4 rings (SSSR count). The zero-order valence-corrected chi connectivity index (χ0v) is 14.7. The maximum atomic E-state index is 11.0. The third-order valence-electron chi connectivity index (χ3n) is 5.45. The molecule has 2 aliphatic heterocycles. The lowest BCUT2D eigenvalue weighted by Crippen LogP contribution is -2.60. The minimum atomic E-state index is -0.803. The van der Waals surface area contributed by atoms with E-state index in [2.05, 4.69) is 24.8 Å². The number of rotatable bonds is 3. The highest BCUT2D eigenvalue weighted by molar-refractivity contribution is 5.73. The standard InChI is InChI=1S/C20H20N2O4/c1-19(2)16-5-3-4-6-17(16)21(11-12-23)20(19)10-9-14-13-15(22(24)25)7-8-18(14)26-20/h3-10,13,23H,11-12H2,1-2H3. The van der Waals surface area contributed by atoms with Crippen molar-refractivity contribution in [2.45, 2.75) is 25.0 Å². The Morgan fingerprint density at radius 1 is 1.23 bits per heavy atom. The molecular formula is C20H20N2O4. The van der Waals surface area contributed by atoms with Crippen LogP contribution in [-0.2, 0) is 5.41 Å². The van der Waals surface area contributed by atoms with Gasteiger partial charge in [-0.25, -0.2) is 0 Å². The Morgan fingerprint density at radius 3 is 2.73 bits per heavy atom. The summed E-state index contributed by atoms with van der Waals surface area (Å²) in [4.78, 5) is 12.7. The lowest BCUT2D eigenvalue weighted by atomic mass is 9.76. The van der Waals surface area contributed by atoms with Gasteiger partial charge in [-0.05, 0) is 43.7 Å². The Morgan fingerprint density at radius 2 is 2.00 bits per heavy atom. The van der Waals surface area contributed by atoms with Crippen molar-refractivity contribution in [2.75, 3.05) is 18.1 Å². The van der Waals surface area contributed by atoms with Crippen molar-refractivity contribution < 1.29 is 14.8 Å². The predicted molar refractivity (Wildman–Crippen MR) is 99.4 cm³/mol. The summed E-state index contributed by atoms with van der Waals surface area (Å²) in [6.07, 6.45) is 3.83. The molecule has 0 saturated carbocycles. The number of ether oxygens (including phenoxy) is 1. The average Bonchev–Trinajstić information content (AvgIpc) is 2.81. The van der Waals surface area contributed by atoms with Crippen LogP contribution in [0, 0.1) is 10.1 Å². The number of aliphatic hydroxyl groups excluding tert-OH is 1. The quantitative estimate of drug-likeness (QED) is 0.676. The van der Waals surface area contributed by atoms with Crippen LogP contribution in [-0.4, -0.2) is 28.9 Å². The van der Waals surface area contributed by atoms with Crippen molar-refractivity contribution in [3.63, 3.8) is 0 Å². The van der Waals surface area contributed by atoms with Crippen molar-refractivity contribution >= 4 is 17.5 Å². The first-order valence-corrected chi connectivity index (χ1v) is 8.55. The molecule has 1 unspecified atom stereocenters. The SMILES string of the molecule is CC1(C)c2ccccc2N(CCO)C12C=Cc1cc([N+](=O)[O-])ccc1O2. The molecular weight excluding hydrogens is 332 g/mol. The molecule has 0 radical (unpaired) electrons. The number of hydrogen-bond donors (Lipinski definition) is 1. The molecule has 2 heterocycles. The number of aliphatic hydroxyl groups is 1.